The summed E-state index contributed by atoms with van der Waals surface area (Å²) in [5.74, 6) is -2.48. The van der Waals surface area contributed by atoms with Crippen molar-refractivity contribution >= 4 is 17.5 Å². The molecule has 0 spiro atoms. The number of β-amino-alcohol motifs (C(OH)–C–C–N with tert-alkyl or cyclic N) is 1. The Morgan fingerprint density at radius 3 is 2.58 bits per heavy atom. The summed E-state index contributed by atoms with van der Waals surface area (Å²) < 4.78 is 33.1. The molecule has 7 nitrogen and oxygen atoms in total. The van der Waals surface area contributed by atoms with Crippen LogP contribution in [0.25, 0.3) is 0 Å². The quantitative estimate of drug-likeness (QED) is 0.793. The molecule has 2 aliphatic rings. The Morgan fingerprint density at radius 1 is 1.31 bits per heavy atom. The van der Waals surface area contributed by atoms with Crippen LogP contribution < -0.4 is 9.64 Å². The summed E-state index contributed by atoms with van der Waals surface area (Å²) in [6.45, 7) is 2.78. The van der Waals surface area contributed by atoms with Crippen LogP contribution in [0.15, 0.2) is 0 Å². The summed E-state index contributed by atoms with van der Waals surface area (Å²) in [7, 11) is 3.49. The van der Waals surface area contributed by atoms with E-state index in [0.29, 0.717) is 19.5 Å². The highest BCUT2D eigenvalue weighted by Gasteiger charge is 2.71. The Labute approximate surface area is 156 Å². The fourth-order valence-corrected chi connectivity index (χ4v) is 3.63. The van der Waals surface area contributed by atoms with E-state index >= 15 is 0 Å². The highest BCUT2D eigenvalue weighted by Crippen LogP contribution is 2.60. The molecule has 0 amide bonds. The molecule has 10 heteroatoms. The van der Waals surface area contributed by atoms with Gasteiger partial charge >= 0.3 is 6.01 Å². The number of hydrogen-bond donors (Lipinski definition) is 1. The smallest absolute Gasteiger partial charge is 0.322 e. The second-order valence-electron chi connectivity index (χ2n) is 7.90. The topological polar surface area (TPSA) is 74.6 Å². The standard InChI is InChI=1S/C16H24ClF2N5O2/c1-14(25)5-4-6-24(8-14)12-20-11(17)21-13(22-12)26-10-15(9-23(2)3)7-16(15,18)19/h25H,4-10H2,1-3H3/t14-,15?/m1/s1. The SMILES string of the molecule is CN(C)CC1(COc2nc(Cl)nc(N3CCC[C@@](C)(O)C3)n2)CC1(F)F. The maximum absolute atomic E-state index is 13.8. The van der Waals surface area contributed by atoms with Gasteiger partial charge in [0.1, 0.15) is 6.61 Å². The van der Waals surface area contributed by atoms with Gasteiger partial charge in [0, 0.05) is 26.1 Å². The number of nitrogens with zero attached hydrogens (tertiary/aromatic N) is 5. The zero-order valence-electron chi connectivity index (χ0n) is 15.2. The minimum Gasteiger partial charge on any atom is -0.462 e. The lowest BCUT2D eigenvalue weighted by atomic mass is 9.95. The molecular weight excluding hydrogens is 368 g/mol. The van der Waals surface area contributed by atoms with Gasteiger partial charge < -0.3 is 19.6 Å². The molecule has 26 heavy (non-hydrogen) atoms. The van der Waals surface area contributed by atoms with E-state index in [1.165, 1.54) is 0 Å². The van der Waals surface area contributed by atoms with Gasteiger partial charge in [0.2, 0.25) is 11.2 Å². The van der Waals surface area contributed by atoms with Crippen molar-refractivity contribution in [2.24, 2.45) is 5.41 Å². The second-order valence-corrected chi connectivity index (χ2v) is 8.24. The first-order valence-electron chi connectivity index (χ1n) is 8.56. The lowest BCUT2D eigenvalue weighted by Gasteiger charge is -2.36. The third-order valence-electron chi connectivity index (χ3n) is 4.84. The molecule has 2 fully saturated rings. The number of aromatic nitrogens is 3. The maximum atomic E-state index is 13.8. The van der Waals surface area contributed by atoms with Gasteiger partial charge in [-0.25, -0.2) is 8.78 Å². The van der Waals surface area contributed by atoms with E-state index in [9.17, 15) is 13.9 Å². The van der Waals surface area contributed by atoms with Crippen molar-refractivity contribution in [2.75, 3.05) is 45.2 Å². The van der Waals surface area contributed by atoms with E-state index in [1.54, 1.807) is 30.8 Å². The number of piperidine rings is 1. The number of alkyl halides is 2. The molecule has 2 atom stereocenters. The van der Waals surface area contributed by atoms with Crippen molar-refractivity contribution in [1.82, 2.24) is 19.9 Å². The van der Waals surface area contributed by atoms with Gasteiger partial charge in [-0.15, -0.1) is 0 Å². The number of rotatable bonds is 6. The minimum atomic E-state index is -2.76. The van der Waals surface area contributed by atoms with Gasteiger partial charge in [-0.05, 0) is 45.5 Å². The van der Waals surface area contributed by atoms with E-state index in [2.05, 4.69) is 15.0 Å². The lowest BCUT2D eigenvalue weighted by Crippen LogP contribution is -2.46. The van der Waals surface area contributed by atoms with Crippen LogP contribution in [-0.4, -0.2) is 76.8 Å². The predicted molar refractivity (Wildman–Crippen MR) is 93.0 cm³/mol. The molecule has 0 radical (unpaired) electrons. The van der Waals surface area contributed by atoms with E-state index in [4.69, 9.17) is 16.3 Å². The van der Waals surface area contributed by atoms with Crippen LogP contribution in [0.5, 0.6) is 6.01 Å². The van der Waals surface area contributed by atoms with Gasteiger partial charge in [-0.2, -0.15) is 15.0 Å². The third-order valence-corrected chi connectivity index (χ3v) is 5.01. The van der Waals surface area contributed by atoms with Gasteiger partial charge in [0.25, 0.3) is 5.92 Å². The summed E-state index contributed by atoms with van der Waals surface area (Å²) in [5, 5.41) is 10.2. The van der Waals surface area contributed by atoms with Gasteiger partial charge in [-0.3, -0.25) is 0 Å². The molecule has 1 saturated heterocycles. The number of ether oxygens (including phenoxy) is 1. The van der Waals surface area contributed by atoms with Crippen LogP contribution in [0.2, 0.25) is 5.28 Å². The Bertz CT molecular complexity index is 676. The molecule has 1 saturated carbocycles. The Balaban J connectivity index is 1.72. The van der Waals surface area contributed by atoms with Crippen LogP contribution >= 0.6 is 11.6 Å². The highest BCUT2D eigenvalue weighted by molar-refractivity contribution is 6.28. The van der Waals surface area contributed by atoms with Crippen molar-refractivity contribution in [2.45, 2.75) is 37.7 Å². The maximum Gasteiger partial charge on any atom is 0.322 e. The monoisotopic (exact) mass is 391 g/mol. The number of anilines is 1. The van der Waals surface area contributed by atoms with E-state index in [1.807, 2.05) is 0 Å². The van der Waals surface area contributed by atoms with Crippen molar-refractivity contribution in [3.8, 4) is 6.01 Å². The normalized spacial score (nSPS) is 30.5. The number of aliphatic hydroxyl groups is 1. The van der Waals surface area contributed by atoms with Crippen LogP contribution in [0.3, 0.4) is 0 Å². The van der Waals surface area contributed by atoms with E-state index in [0.717, 1.165) is 6.42 Å². The van der Waals surface area contributed by atoms with Gasteiger partial charge in [-0.1, -0.05) is 0 Å². The Kier molecular flexibility index (Phi) is 5.00. The average Bonchev–Trinajstić information content (AvgIpc) is 3.03. The first kappa shape index (κ1) is 19.4. The summed E-state index contributed by atoms with van der Waals surface area (Å²) in [4.78, 5) is 15.7. The van der Waals surface area contributed by atoms with Crippen LogP contribution in [0.4, 0.5) is 14.7 Å². The summed E-state index contributed by atoms with van der Waals surface area (Å²) >= 11 is 5.96. The van der Waals surface area contributed by atoms with Crippen LogP contribution in [0, 0.1) is 5.41 Å². The molecule has 0 aromatic carbocycles. The molecule has 1 aliphatic carbocycles. The average molecular weight is 392 g/mol. The van der Waals surface area contributed by atoms with Crippen molar-refractivity contribution in [1.29, 1.82) is 0 Å². The molecular formula is C16H24ClF2N5O2. The van der Waals surface area contributed by atoms with E-state index in [-0.39, 0.29) is 36.8 Å². The van der Waals surface area contributed by atoms with Crippen LogP contribution in [0.1, 0.15) is 26.2 Å². The Morgan fingerprint density at radius 2 is 2.00 bits per heavy atom. The van der Waals surface area contributed by atoms with Crippen LogP contribution in [-0.2, 0) is 0 Å². The number of hydrogen-bond acceptors (Lipinski definition) is 7. The molecule has 2 heterocycles. The minimum absolute atomic E-state index is 0.0700. The van der Waals surface area contributed by atoms with E-state index < -0.39 is 16.9 Å². The fourth-order valence-electron chi connectivity index (χ4n) is 3.48. The Hall–Kier alpha value is -1.32. The first-order chi connectivity index (χ1) is 12.0. The van der Waals surface area contributed by atoms with Crippen molar-refractivity contribution < 1.29 is 18.6 Å². The fraction of sp³-hybridized carbons (Fsp3) is 0.812. The third kappa shape index (κ3) is 4.15. The number of halogens is 3. The zero-order chi connectivity index (χ0) is 19.2. The van der Waals surface area contributed by atoms with Gasteiger partial charge in [0.15, 0.2) is 0 Å². The second kappa shape index (κ2) is 6.69. The predicted octanol–water partition coefficient (Wildman–Crippen LogP) is 1.84. The molecule has 1 aliphatic heterocycles. The molecule has 0 bridgehead atoms. The first-order valence-corrected chi connectivity index (χ1v) is 8.94. The van der Waals surface area contributed by atoms with Crippen molar-refractivity contribution in [3.05, 3.63) is 5.28 Å². The summed E-state index contributed by atoms with van der Waals surface area (Å²) in [6.07, 6.45) is 1.25. The summed E-state index contributed by atoms with van der Waals surface area (Å²) in [6, 6.07) is -0.0777. The van der Waals surface area contributed by atoms with Crippen molar-refractivity contribution in [3.63, 3.8) is 0 Å². The lowest BCUT2D eigenvalue weighted by molar-refractivity contribution is 0.0285. The van der Waals surface area contributed by atoms with Gasteiger partial charge in [0.05, 0.1) is 11.0 Å². The zero-order valence-corrected chi connectivity index (χ0v) is 15.9. The molecule has 1 N–H and O–H groups in total. The molecule has 1 aromatic heterocycles. The molecule has 146 valence electrons. The largest absolute Gasteiger partial charge is 0.462 e. The summed E-state index contributed by atoms with van der Waals surface area (Å²) in [5.41, 5.74) is -2.07. The highest BCUT2D eigenvalue weighted by atomic mass is 35.5. The molecule has 1 unspecified atom stereocenters. The molecule has 3 rings (SSSR count). The molecule has 1 aromatic rings.